The molecular weight excluding hydrogens is 404 g/mol. The number of hydrogen-bond acceptors (Lipinski definition) is 6. The Morgan fingerprint density at radius 2 is 1.88 bits per heavy atom. The smallest absolute Gasteiger partial charge is 0.257 e. The Bertz CT molecular complexity index is 1300. The molecule has 4 aromatic rings. The molecule has 0 radical (unpaired) electrons. The van der Waals surface area contributed by atoms with E-state index in [4.69, 9.17) is 0 Å². The van der Waals surface area contributed by atoms with E-state index in [9.17, 15) is 9.59 Å². The van der Waals surface area contributed by atoms with E-state index in [2.05, 4.69) is 30.6 Å². The molecule has 8 heteroatoms. The van der Waals surface area contributed by atoms with Gasteiger partial charge in [0.05, 0.1) is 29.7 Å². The SMILES string of the molecule is Cc1cncc(C(=O)Nc2cccc([C@H](C)Nc3cncc(-c4ccc(=O)[nH]c4)n3)c2)c1. The summed E-state index contributed by atoms with van der Waals surface area (Å²) < 4.78 is 0. The third-order valence-electron chi connectivity index (χ3n) is 4.86. The highest BCUT2D eigenvalue weighted by Crippen LogP contribution is 2.23. The molecule has 0 bridgehead atoms. The summed E-state index contributed by atoms with van der Waals surface area (Å²) in [5.41, 5.74) is 4.34. The van der Waals surface area contributed by atoms with Crippen LogP contribution in [0.1, 0.15) is 34.5 Å². The lowest BCUT2D eigenvalue weighted by Crippen LogP contribution is -2.13. The molecule has 0 saturated heterocycles. The Morgan fingerprint density at radius 1 is 1.03 bits per heavy atom. The average molecular weight is 426 g/mol. The maximum Gasteiger partial charge on any atom is 0.257 e. The molecule has 0 saturated carbocycles. The number of nitrogens with zero attached hydrogens (tertiary/aromatic N) is 3. The fourth-order valence-electron chi connectivity index (χ4n) is 3.22. The fraction of sp³-hybridized carbons (Fsp3) is 0.125. The van der Waals surface area contributed by atoms with Crippen molar-refractivity contribution in [3.63, 3.8) is 0 Å². The van der Waals surface area contributed by atoms with E-state index in [1.165, 1.54) is 6.07 Å². The molecule has 0 spiro atoms. The number of aromatic amines is 1. The largest absolute Gasteiger partial charge is 0.362 e. The highest BCUT2D eigenvalue weighted by Gasteiger charge is 2.11. The van der Waals surface area contributed by atoms with Gasteiger partial charge in [-0.15, -0.1) is 0 Å². The molecule has 4 rings (SSSR count). The predicted molar refractivity (Wildman–Crippen MR) is 123 cm³/mol. The topological polar surface area (TPSA) is 113 Å². The second kappa shape index (κ2) is 9.22. The Kier molecular flexibility index (Phi) is 6.03. The van der Waals surface area contributed by atoms with E-state index in [1.54, 1.807) is 43.1 Å². The van der Waals surface area contributed by atoms with Gasteiger partial charge in [-0.05, 0) is 49.2 Å². The van der Waals surface area contributed by atoms with E-state index in [0.717, 1.165) is 16.7 Å². The van der Waals surface area contributed by atoms with Crippen molar-refractivity contribution in [1.82, 2.24) is 19.9 Å². The Morgan fingerprint density at radius 3 is 2.66 bits per heavy atom. The van der Waals surface area contributed by atoms with Crippen LogP contribution in [0.2, 0.25) is 0 Å². The molecule has 0 unspecified atom stereocenters. The van der Waals surface area contributed by atoms with Crippen molar-refractivity contribution in [3.05, 3.63) is 100 Å². The summed E-state index contributed by atoms with van der Waals surface area (Å²) in [5, 5.41) is 6.25. The summed E-state index contributed by atoms with van der Waals surface area (Å²) in [6.45, 7) is 3.90. The zero-order chi connectivity index (χ0) is 22.5. The van der Waals surface area contributed by atoms with Gasteiger partial charge in [0, 0.05) is 35.9 Å². The summed E-state index contributed by atoms with van der Waals surface area (Å²) in [6.07, 6.45) is 8.14. The zero-order valence-corrected chi connectivity index (χ0v) is 17.7. The molecule has 3 heterocycles. The van der Waals surface area contributed by atoms with Crippen molar-refractivity contribution < 1.29 is 4.79 Å². The highest BCUT2D eigenvalue weighted by molar-refractivity contribution is 6.04. The van der Waals surface area contributed by atoms with Crippen LogP contribution in [0, 0.1) is 6.92 Å². The van der Waals surface area contributed by atoms with Gasteiger partial charge in [0.2, 0.25) is 5.56 Å². The van der Waals surface area contributed by atoms with Gasteiger partial charge in [0.1, 0.15) is 5.82 Å². The Hall–Kier alpha value is -4.33. The number of carbonyl (C=O) groups excluding carboxylic acids is 1. The molecule has 1 atom stereocenters. The number of anilines is 2. The number of pyridine rings is 2. The fourth-order valence-corrected chi connectivity index (χ4v) is 3.22. The first-order valence-electron chi connectivity index (χ1n) is 10.1. The molecule has 1 aromatic carbocycles. The van der Waals surface area contributed by atoms with Crippen LogP contribution in [0.15, 0.2) is 78.2 Å². The van der Waals surface area contributed by atoms with Gasteiger partial charge >= 0.3 is 0 Å². The van der Waals surface area contributed by atoms with Crippen LogP contribution >= 0.6 is 0 Å². The maximum absolute atomic E-state index is 12.5. The number of H-pyrrole nitrogens is 1. The van der Waals surface area contributed by atoms with E-state index < -0.39 is 0 Å². The number of rotatable bonds is 6. The molecule has 0 aliphatic carbocycles. The van der Waals surface area contributed by atoms with Crippen molar-refractivity contribution >= 4 is 17.4 Å². The quantitative estimate of drug-likeness (QED) is 0.430. The van der Waals surface area contributed by atoms with Crippen LogP contribution in [0.3, 0.4) is 0 Å². The zero-order valence-electron chi connectivity index (χ0n) is 17.7. The van der Waals surface area contributed by atoms with Crippen LogP contribution in [0.25, 0.3) is 11.3 Å². The molecule has 32 heavy (non-hydrogen) atoms. The van der Waals surface area contributed by atoms with E-state index in [0.29, 0.717) is 22.8 Å². The first-order chi connectivity index (χ1) is 15.5. The molecule has 1 amide bonds. The summed E-state index contributed by atoms with van der Waals surface area (Å²) in [6, 6.07) is 12.5. The van der Waals surface area contributed by atoms with E-state index >= 15 is 0 Å². The number of aromatic nitrogens is 4. The molecule has 8 nitrogen and oxygen atoms in total. The lowest BCUT2D eigenvalue weighted by Gasteiger charge is -2.16. The van der Waals surface area contributed by atoms with Gasteiger partial charge in [-0.1, -0.05) is 12.1 Å². The van der Waals surface area contributed by atoms with Gasteiger partial charge in [-0.25, -0.2) is 4.98 Å². The molecule has 3 N–H and O–H groups in total. The van der Waals surface area contributed by atoms with Crippen molar-refractivity contribution in [2.24, 2.45) is 0 Å². The maximum atomic E-state index is 12.5. The number of benzene rings is 1. The predicted octanol–water partition coefficient (Wildman–Crippen LogP) is 3.96. The van der Waals surface area contributed by atoms with E-state index in [-0.39, 0.29) is 17.5 Å². The van der Waals surface area contributed by atoms with Gasteiger partial charge in [-0.3, -0.25) is 19.6 Å². The third-order valence-corrected chi connectivity index (χ3v) is 4.86. The number of hydrogen-bond donors (Lipinski definition) is 3. The van der Waals surface area contributed by atoms with Crippen LogP contribution in [-0.2, 0) is 0 Å². The molecule has 3 aromatic heterocycles. The molecule has 0 fully saturated rings. The van der Waals surface area contributed by atoms with Crippen molar-refractivity contribution in [2.45, 2.75) is 19.9 Å². The number of aryl methyl sites for hydroxylation is 1. The Labute approximate surface area is 184 Å². The summed E-state index contributed by atoms with van der Waals surface area (Å²) in [5.74, 6) is 0.389. The van der Waals surface area contributed by atoms with Crippen LogP contribution in [-0.4, -0.2) is 25.8 Å². The summed E-state index contributed by atoms with van der Waals surface area (Å²) in [4.78, 5) is 39.3. The summed E-state index contributed by atoms with van der Waals surface area (Å²) >= 11 is 0. The second-order valence-corrected chi connectivity index (χ2v) is 7.43. The first kappa shape index (κ1) is 20.9. The van der Waals surface area contributed by atoms with Gasteiger partial charge in [0.25, 0.3) is 5.91 Å². The van der Waals surface area contributed by atoms with Crippen LogP contribution in [0.4, 0.5) is 11.5 Å². The minimum Gasteiger partial charge on any atom is -0.362 e. The number of amides is 1. The van der Waals surface area contributed by atoms with Gasteiger partial charge < -0.3 is 15.6 Å². The Balaban J connectivity index is 1.48. The monoisotopic (exact) mass is 426 g/mol. The van der Waals surface area contributed by atoms with Crippen LogP contribution in [0.5, 0.6) is 0 Å². The van der Waals surface area contributed by atoms with Crippen LogP contribution < -0.4 is 16.2 Å². The molecule has 0 aliphatic heterocycles. The molecular formula is C24H22N6O2. The lowest BCUT2D eigenvalue weighted by molar-refractivity contribution is 0.102. The highest BCUT2D eigenvalue weighted by atomic mass is 16.1. The van der Waals surface area contributed by atoms with E-state index in [1.807, 2.05) is 38.1 Å². The first-order valence-corrected chi connectivity index (χ1v) is 10.1. The van der Waals surface area contributed by atoms with Crippen molar-refractivity contribution in [2.75, 3.05) is 10.6 Å². The van der Waals surface area contributed by atoms with Crippen molar-refractivity contribution in [1.29, 1.82) is 0 Å². The standard InChI is InChI=1S/C24H22N6O2/c1-15-8-19(11-25-10-15)24(32)29-20-5-3-4-17(9-20)16(2)28-22-14-26-13-21(30-22)18-6-7-23(31)27-12-18/h3-14,16H,1-2H3,(H,27,31)(H,28,30)(H,29,32)/t16-/m0/s1. The van der Waals surface area contributed by atoms with Gasteiger partial charge in [0.15, 0.2) is 0 Å². The molecule has 160 valence electrons. The summed E-state index contributed by atoms with van der Waals surface area (Å²) in [7, 11) is 0. The number of carbonyl (C=O) groups is 1. The minimum atomic E-state index is -0.210. The van der Waals surface area contributed by atoms with Crippen molar-refractivity contribution in [3.8, 4) is 11.3 Å². The second-order valence-electron chi connectivity index (χ2n) is 7.43. The third kappa shape index (κ3) is 5.04. The number of nitrogens with one attached hydrogen (secondary N) is 3. The average Bonchev–Trinajstić information content (AvgIpc) is 2.80. The van der Waals surface area contributed by atoms with Gasteiger partial charge in [-0.2, -0.15) is 0 Å². The molecule has 0 aliphatic rings. The normalized spacial score (nSPS) is 11.6. The minimum absolute atomic E-state index is 0.0902. The lowest BCUT2D eigenvalue weighted by atomic mass is 10.1.